The van der Waals surface area contributed by atoms with Gasteiger partial charge < -0.3 is 0 Å². The summed E-state index contributed by atoms with van der Waals surface area (Å²) in [5.74, 6) is -0.0985. The number of rotatable bonds is 6. The van der Waals surface area contributed by atoms with Crippen LogP contribution < -0.4 is 5.32 Å². The molecular formula is C12H29N3. The first-order chi connectivity index (χ1) is 6.72. The van der Waals surface area contributed by atoms with Crippen LogP contribution >= 0.6 is 0 Å². The van der Waals surface area contributed by atoms with Gasteiger partial charge in [0.25, 0.3) is 0 Å². The summed E-state index contributed by atoms with van der Waals surface area (Å²) in [6.45, 7) is 9.05. The molecule has 0 rings (SSSR count). The van der Waals surface area contributed by atoms with Gasteiger partial charge in [-0.3, -0.25) is 15.1 Å². The van der Waals surface area contributed by atoms with Gasteiger partial charge in [0, 0.05) is 5.54 Å². The molecule has 0 aliphatic carbocycles. The minimum absolute atomic E-state index is 0.0985. The second-order valence-electron chi connectivity index (χ2n) is 5.29. The van der Waals surface area contributed by atoms with Gasteiger partial charge in [0.1, 0.15) is 5.79 Å². The van der Waals surface area contributed by atoms with E-state index in [1.54, 1.807) is 0 Å². The number of hydrogen-bond acceptors (Lipinski definition) is 3. The monoisotopic (exact) mass is 215 g/mol. The van der Waals surface area contributed by atoms with Crippen LogP contribution in [0.4, 0.5) is 0 Å². The van der Waals surface area contributed by atoms with Crippen LogP contribution in [0.15, 0.2) is 0 Å². The van der Waals surface area contributed by atoms with Crippen molar-refractivity contribution in [3.05, 3.63) is 0 Å². The lowest BCUT2D eigenvalue weighted by atomic mass is 9.95. The molecule has 0 bridgehead atoms. The van der Waals surface area contributed by atoms with E-state index in [2.05, 4.69) is 64.0 Å². The van der Waals surface area contributed by atoms with Gasteiger partial charge in [-0.15, -0.1) is 0 Å². The van der Waals surface area contributed by atoms with Crippen molar-refractivity contribution in [3.8, 4) is 0 Å². The van der Waals surface area contributed by atoms with Crippen molar-refractivity contribution in [3.63, 3.8) is 0 Å². The van der Waals surface area contributed by atoms with E-state index in [1.165, 1.54) is 12.8 Å². The third-order valence-electron chi connectivity index (χ3n) is 3.77. The van der Waals surface area contributed by atoms with Crippen LogP contribution in [0.5, 0.6) is 0 Å². The molecule has 0 aromatic rings. The zero-order chi connectivity index (χ0) is 12.3. The molecule has 3 heteroatoms. The third-order valence-corrected chi connectivity index (χ3v) is 3.77. The zero-order valence-electron chi connectivity index (χ0n) is 11.8. The molecule has 92 valence electrons. The average Bonchev–Trinajstić information content (AvgIpc) is 2.15. The fraction of sp³-hybridized carbons (Fsp3) is 1.00. The summed E-state index contributed by atoms with van der Waals surface area (Å²) < 4.78 is 0. The fourth-order valence-corrected chi connectivity index (χ4v) is 2.06. The molecule has 0 aliphatic rings. The van der Waals surface area contributed by atoms with E-state index in [0.29, 0.717) is 0 Å². The highest BCUT2D eigenvalue weighted by Crippen LogP contribution is 2.26. The van der Waals surface area contributed by atoms with Crippen LogP contribution in [0.1, 0.15) is 40.5 Å². The average molecular weight is 215 g/mol. The molecule has 3 nitrogen and oxygen atoms in total. The van der Waals surface area contributed by atoms with Crippen molar-refractivity contribution in [2.45, 2.75) is 51.9 Å². The molecule has 0 saturated carbocycles. The maximum absolute atomic E-state index is 3.39. The molecule has 1 N–H and O–H groups in total. The SMILES string of the molecule is CCCC(C)(C)N(C)C(C)(NC)N(C)C. The Morgan fingerprint density at radius 3 is 1.80 bits per heavy atom. The Balaban J connectivity index is 4.86. The van der Waals surface area contributed by atoms with E-state index in [1.807, 2.05) is 7.05 Å². The normalized spacial score (nSPS) is 17.2. The third kappa shape index (κ3) is 3.16. The highest BCUT2D eigenvalue weighted by Gasteiger charge is 2.38. The lowest BCUT2D eigenvalue weighted by molar-refractivity contribution is -0.0796. The predicted octanol–water partition coefficient (Wildman–Crippen LogP) is 1.95. The minimum atomic E-state index is -0.0985. The van der Waals surface area contributed by atoms with Crippen molar-refractivity contribution in [1.29, 1.82) is 0 Å². The quantitative estimate of drug-likeness (QED) is 0.683. The van der Waals surface area contributed by atoms with Crippen LogP contribution in [0, 0.1) is 0 Å². The Morgan fingerprint density at radius 1 is 1.07 bits per heavy atom. The summed E-state index contributed by atoms with van der Waals surface area (Å²) in [4.78, 5) is 4.62. The minimum Gasteiger partial charge on any atom is -0.290 e. The van der Waals surface area contributed by atoms with Crippen LogP contribution in [0.2, 0.25) is 0 Å². The largest absolute Gasteiger partial charge is 0.290 e. The number of nitrogens with zero attached hydrogens (tertiary/aromatic N) is 2. The zero-order valence-corrected chi connectivity index (χ0v) is 11.8. The second-order valence-corrected chi connectivity index (χ2v) is 5.29. The molecule has 0 heterocycles. The molecule has 15 heavy (non-hydrogen) atoms. The van der Waals surface area contributed by atoms with Gasteiger partial charge >= 0.3 is 0 Å². The maximum atomic E-state index is 3.39. The van der Waals surface area contributed by atoms with Gasteiger partial charge in [-0.25, -0.2) is 0 Å². The second kappa shape index (κ2) is 5.28. The maximum Gasteiger partial charge on any atom is 0.125 e. The molecule has 0 saturated heterocycles. The molecule has 0 spiro atoms. The predicted molar refractivity (Wildman–Crippen MR) is 67.9 cm³/mol. The molecule has 1 atom stereocenters. The Labute approximate surface area is 95.8 Å². The number of nitrogens with one attached hydrogen (secondary N) is 1. The van der Waals surface area contributed by atoms with Crippen LogP contribution in [0.3, 0.4) is 0 Å². The number of hydrogen-bond donors (Lipinski definition) is 1. The van der Waals surface area contributed by atoms with Crippen molar-refractivity contribution < 1.29 is 0 Å². The van der Waals surface area contributed by atoms with Gasteiger partial charge in [-0.2, -0.15) is 0 Å². The van der Waals surface area contributed by atoms with Crippen LogP contribution in [-0.4, -0.2) is 49.3 Å². The lowest BCUT2D eigenvalue weighted by Crippen LogP contribution is -2.67. The first-order valence-electron chi connectivity index (χ1n) is 5.82. The molecule has 0 amide bonds. The lowest BCUT2D eigenvalue weighted by Gasteiger charge is -2.51. The molecule has 1 unspecified atom stereocenters. The molecular weight excluding hydrogens is 186 g/mol. The molecule has 0 radical (unpaired) electrons. The van der Waals surface area contributed by atoms with E-state index in [0.717, 1.165) is 0 Å². The summed E-state index contributed by atoms with van der Waals surface area (Å²) in [6.07, 6.45) is 2.42. The van der Waals surface area contributed by atoms with Crippen LogP contribution in [-0.2, 0) is 0 Å². The molecule has 0 aromatic heterocycles. The molecule has 0 aliphatic heterocycles. The first kappa shape index (κ1) is 14.9. The Morgan fingerprint density at radius 2 is 1.53 bits per heavy atom. The van der Waals surface area contributed by atoms with E-state index < -0.39 is 0 Å². The smallest absolute Gasteiger partial charge is 0.125 e. The summed E-state index contributed by atoms with van der Waals surface area (Å²) >= 11 is 0. The Hall–Kier alpha value is -0.120. The van der Waals surface area contributed by atoms with Crippen molar-refractivity contribution in [2.24, 2.45) is 0 Å². The van der Waals surface area contributed by atoms with E-state index in [9.17, 15) is 0 Å². The summed E-state index contributed by atoms with van der Waals surface area (Å²) in [5.41, 5.74) is 0.205. The summed E-state index contributed by atoms with van der Waals surface area (Å²) in [6, 6.07) is 0. The summed E-state index contributed by atoms with van der Waals surface area (Å²) in [7, 11) is 8.41. The van der Waals surface area contributed by atoms with Gasteiger partial charge in [-0.05, 0) is 55.4 Å². The van der Waals surface area contributed by atoms with E-state index in [-0.39, 0.29) is 11.3 Å². The molecule has 0 fully saturated rings. The van der Waals surface area contributed by atoms with E-state index >= 15 is 0 Å². The highest BCUT2D eigenvalue weighted by molar-refractivity contribution is 4.88. The van der Waals surface area contributed by atoms with Gasteiger partial charge in [0.2, 0.25) is 0 Å². The standard InChI is InChI=1S/C12H29N3/c1-9-10-11(2,3)15(8)12(4,13-5)14(6)7/h13H,9-10H2,1-8H3. The van der Waals surface area contributed by atoms with Gasteiger partial charge in [0.15, 0.2) is 0 Å². The Kier molecular flexibility index (Phi) is 5.24. The fourth-order valence-electron chi connectivity index (χ4n) is 2.06. The topological polar surface area (TPSA) is 18.5 Å². The van der Waals surface area contributed by atoms with E-state index in [4.69, 9.17) is 0 Å². The summed E-state index contributed by atoms with van der Waals surface area (Å²) in [5, 5.41) is 3.39. The first-order valence-corrected chi connectivity index (χ1v) is 5.82. The highest BCUT2D eigenvalue weighted by atomic mass is 15.5. The van der Waals surface area contributed by atoms with Crippen molar-refractivity contribution in [2.75, 3.05) is 28.2 Å². The molecule has 0 aromatic carbocycles. The van der Waals surface area contributed by atoms with Crippen molar-refractivity contribution >= 4 is 0 Å². The van der Waals surface area contributed by atoms with Crippen LogP contribution in [0.25, 0.3) is 0 Å². The Bertz CT molecular complexity index is 189. The van der Waals surface area contributed by atoms with Gasteiger partial charge in [0.05, 0.1) is 0 Å². The van der Waals surface area contributed by atoms with Crippen molar-refractivity contribution in [1.82, 2.24) is 15.1 Å². The van der Waals surface area contributed by atoms with Gasteiger partial charge in [-0.1, -0.05) is 13.3 Å².